The molecule has 2 N–H and O–H groups in total. The lowest BCUT2D eigenvalue weighted by atomic mass is 9.89. The summed E-state index contributed by atoms with van der Waals surface area (Å²) >= 11 is 12.5. The van der Waals surface area contributed by atoms with Crippen molar-refractivity contribution in [2.75, 3.05) is 36.5 Å². The second kappa shape index (κ2) is 6.61. The van der Waals surface area contributed by atoms with Crippen molar-refractivity contribution in [1.82, 2.24) is 5.32 Å². The van der Waals surface area contributed by atoms with Crippen LogP contribution in [-0.4, -0.2) is 32.3 Å². The standard InChI is InChI=1S/C20H21Cl2N3O/c21-13-1-2-17(22)18(8-13)24-14-7-12-11-26-6-5-25-19-3-4-23-10-16(19)15(9-14)20(12)25/h1-2,7-9,16,19,23-24H,3-6,10-11H2/t16-,19-/m0/s1. The first kappa shape index (κ1) is 16.7. The third-order valence-electron chi connectivity index (χ3n) is 5.69. The van der Waals surface area contributed by atoms with E-state index >= 15 is 0 Å². The number of fused-ring (bicyclic) bond motifs is 3. The van der Waals surface area contributed by atoms with E-state index in [1.807, 2.05) is 12.1 Å². The Bertz CT molecular complexity index is 857. The molecule has 3 aliphatic rings. The quantitative estimate of drug-likeness (QED) is 0.790. The highest BCUT2D eigenvalue weighted by molar-refractivity contribution is 6.35. The summed E-state index contributed by atoms with van der Waals surface area (Å²) in [5, 5.41) is 8.36. The van der Waals surface area contributed by atoms with Gasteiger partial charge in [0.2, 0.25) is 0 Å². The summed E-state index contributed by atoms with van der Waals surface area (Å²) in [6.45, 7) is 4.55. The summed E-state index contributed by atoms with van der Waals surface area (Å²) in [4.78, 5) is 2.58. The van der Waals surface area contributed by atoms with Crippen LogP contribution in [0.1, 0.15) is 23.5 Å². The van der Waals surface area contributed by atoms with Crippen LogP contribution in [0.4, 0.5) is 17.1 Å². The topological polar surface area (TPSA) is 36.5 Å². The fraction of sp³-hybridized carbons (Fsp3) is 0.400. The van der Waals surface area contributed by atoms with Crippen molar-refractivity contribution in [2.45, 2.75) is 25.0 Å². The van der Waals surface area contributed by atoms with E-state index in [9.17, 15) is 0 Å². The Morgan fingerprint density at radius 1 is 1.19 bits per heavy atom. The molecule has 6 heteroatoms. The van der Waals surface area contributed by atoms with Gasteiger partial charge in [-0.25, -0.2) is 0 Å². The molecule has 2 aromatic rings. The van der Waals surface area contributed by atoms with Crippen molar-refractivity contribution in [2.24, 2.45) is 0 Å². The molecular formula is C20H21Cl2N3O. The van der Waals surface area contributed by atoms with Crippen LogP contribution >= 0.6 is 23.2 Å². The highest BCUT2D eigenvalue weighted by Crippen LogP contribution is 2.47. The SMILES string of the molecule is Clc1ccc(Cl)c(Nc2cc3c4c(c2)[C@@H]2CNCC[C@@H]2N4CCOC3)c1. The molecule has 0 saturated carbocycles. The van der Waals surface area contributed by atoms with Gasteiger partial charge in [-0.15, -0.1) is 0 Å². The highest BCUT2D eigenvalue weighted by Gasteiger charge is 2.41. The Hall–Kier alpha value is -1.46. The van der Waals surface area contributed by atoms with E-state index in [0.717, 1.165) is 37.6 Å². The number of ether oxygens (including phenoxy) is 1. The normalized spacial score (nSPS) is 24.0. The third-order valence-corrected chi connectivity index (χ3v) is 6.26. The van der Waals surface area contributed by atoms with Gasteiger partial charge in [0.15, 0.2) is 0 Å². The molecule has 4 nitrogen and oxygen atoms in total. The minimum atomic E-state index is 0.534. The molecule has 26 heavy (non-hydrogen) atoms. The van der Waals surface area contributed by atoms with E-state index in [4.69, 9.17) is 27.9 Å². The van der Waals surface area contributed by atoms with Gasteiger partial charge in [-0.2, -0.15) is 0 Å². The predicted molar refractivity (Wildman–Crippen MR) is 107 cm³/mol. The Morgan fingerprint density at radius 3 is 3.04 bits per heavy atom. The molecule has 1 saturated heterocycles. The first-order valence-electron chi connectivity index (χ1n) is 9.15. The first-order valence-corrected chi connectivity index (χ1v) is 9.90. The monoisotopic (exact) mass is 389 g/mol. The molecule has 0 unspecified atom stereocenters. The lowest BCUT2D eigenvalue weighted by Crippen LogP contribution is -2.44. The molecule has 0 radical (unpaired) electrons. The molecule has 0 bridgehead atoms. The van der Waals surface area contributed by atoms with Crippen LogP contribution in [-0.2, 0) is 11.3 Å². The first-order chi connectivity index (χ1) is 12.7. The Kier molecular flexibility index (Phi) is 4.24. The van der Waals surface area contributed by atoms with E-state index in [0.29, 0.717) is 28.6 Å². The lowest BCUT2D eigenvalue weighted by molar-refractivity contribution is 0.130. The van der Waals surface area contributed by atoms with Crippen LogP contribution in [0.2, 0.25) is 10.0 Å². The van der Waals surface area contributed by atoms with Gasteiger partial charge in [-0.05, 0) is 48.9 Å². The number of hydrogen-bond acceptors (Lipinski definition) is 4. The number of halogens is 2. The summed E-state index contributed by atoms with van der Waals surface area (Å²) in [7, 11) is 0. The maximum absolute atomic E-state index is 6.34. The zero-order valence-corrected chi connectivity index (χ0v) is 15.9. The van der Waals surface area contributed by atoms with Gasteiger partial charge in [0.1, 0.15) is 0 Å². The van der Waals surface area contributed by atoms with Crippen molar-refractivity contribution in [3.8, 4) is 0 Å². The van der Waals surface area contributed by atoms with Gasteiger partial charge in [0.25, 0.3) is 0 Å². The van der Waals surface area contributed by atoms with Crippen molar-refractivity contribution < 1.29 is 4.74 Å². The molecule has 136 valence electrons. The van der Waals surface area contributed by atoms with Crippen LogP contribution in [0.15, 0.2) is 30.3 Å². The van der Waals surface area contributed by atoms with Crippen LogP contribution in [0.3, 0.4) is 0 Å². The van der Waals surface area contributed by atoms with Gasteiger partial charge < -0.3 is 20.3 Å². The number of nitrogens with one attached hydrogen (secondary N) is 2. The Labute approximate surface area is 163 Å². The molecule has 5 rings (SSSR count). The second-order valence-electron chi connectivity index (χ2n) is 7.23. The molecule has 1 fully saturated rings. The summed E-state index contributed by atoms with van der Waals surface area (Å²) in [5.41, 5.74) is 5.94. The van der Waals surface area contributed by atoms with Gasteiger partial charge >= 0.3 is 0 Å². The highest BCUT2D eigenvalue weighted by atomic mass is 35.5. The van der Waals surface area contributed by atoms with E-state index in [2.05, 4.69) is 27.7 Å². The minimum Gasteiger partial charge on any atom is -0.375 e. The molecule has 0 aromatic heterocycles. The van der Waals surface area contributed by atoms with Crippen molar-refractivity contribution >= 4 is 40.3 Å². The zero-order chi connectivity index (χ0) is 17.7. The Morgan fingerprint density at radius 2 is 2.12 bits per heavy atom. The minimum absolute atomic E-state index is 0.534. The van der Waals surface area contributed by atoms with E-state index in [1.165, 1.54) is 23.2 Å². The summed E-state index contributed by atoms with van der Waals surface area (Å²) < 4.78 is 5.88. The number of rotatable bonds is 2. The average Bonchev–Trinajstić information content (AvgIpc) is 2.81. The molecule has 0 spiro atoms. The summed E-state index contributed by atoms with van der Waals surface area (Å²) in [5.74, 6) is 0.534. The molecule has 3 heterocycles. The molecule has 2 atom stereocenters. The summed E-state index contributed by atoms with van der Waals surface area (Å²) in [6.07, 6.45) is 1.18. The summed E-state index contributed by atoms with van der Waals surface area (Å²) in [6, 6.07) is 10.5. The lowest BCUT2D eigenvalue weighted by Gasteiger charge is -2.33. The Balaban J connectivity index is 1.58. The van der Waals surface area contributed by atoms with Gasteiger partial charge in [0, 0.05) is 47.0 Å². The molecule has 2 aromatic carbocycles. The zero-order valence-electron chi connectivity index (χ0n) is 14.4. The number of benzene rings is 2. The maximum Gasteiger partial charge on any atom is 0.0738 e. The van der Waals surface area contributed by atoms with Crippen LogP contribution in [0.5, 0.6) is 0 Å². The van der Waals surface area contributed by atoms with E-state index in [1.54, 1.807) is 6.07 Å². The third kappa shape index (κ3) is 2.76. The molecule has 0 amide bonds. The molecule has 0 aliphatic carbocycles. The smallest absolute Gasteiger partial charge is 0.0738 e. The maximum atomic E-state index is 6.34. The largest absolute Gasteiger partial charge is 0.375 e. The number of hydrogen-bond donors (Lipinski definition) is 2. The van der Waals surface area contributed by atoms with Crippen LogP contribution in [0, 0.1) is 0 Å². The molecular weight excluding hydrogens is 369 g/mol. The van der Waals surface area contributed by atoms with E-state index in [-0.39, 0.29) is 0 Å². The van der Waals surface area contributed by atoms with Gasteiger partial charge in [0.05, 0.1) is 23.9 Å². The molecule has 3 aliphatic heterocycles. The van der Waals surface area contributed by atoms with Gasteiger partial charge in [-0.1, -0.05) is 23.2 Å². The fourth-order valence-electron chi connectivity index (χ4n) is 4.61. The van der Waals surface area contributed by atoms with Crippen LogP contribution in [0.25, 0.3) is 0 Å². The number of anilines is 3. The van der Waals surface area contributed by atoms with E-state index < -0.39 is 0 Å². The van der Waals surface area contributed by atoms with Crippen molar-refractivity contribution in [3.05, 3.63) is 51.5 Å². The van der Waals surface area contributed by atoms with Crippen molar-refractivity contribution in [1.29, 1.82) is 0 Å². The predicted octanol–water partition coefficient (Wildman–Crippen LogP) is 4.53. The number of piperidine rings is 1. The number of nitrogens with zero attached hydrogens (tertiary/aromatic N) is 1. The second-order valence-corrected chi connectivity index (χ2v) is 8.08. The van der Waals surface area contributed by atoms with Crippen molar-refractivity contribution in [3.63, 3.8) is 0 Å². The van der Waals surface area contributed by atoms with Gasteiger partial charge in [-0.3, -0.25) is 0 Å². The fourth-order valence-corrected chi connectivity index (χ4v) is 4.94. The van der Waals surface area contributed by atoms with Crippen LogP contribution < -0.4 is 15.5 Å². The average molecular weight is 390 g/mol.